The Bertz CT molecular complexity index is 604. The molecule has 0 saturated carbocycles. The summed E-state index contributed by atoms with van der Waals surface area (Å²) in [5.74, 6) is 0.732. The zero-order valence-electron chi connectivity index (χ0n) is 12.0. The van der Waals surface area contributed by atoms with Crippen LogP contribution in [-0.4, -0.2) is 29.3 Å². The van der Waals surface area contributed by atoms with Gasteiger partial charge in [0.25, 0.3) is 0 Å². The summed E-state index contributed by atoms with van der Waals surface area (Å²) in [5.41, 5.74) is 1.20. The number of hydrazone groups is 1. The molecule has 0 fully saturated rings. The summed E-state index contributed by atoms with van der Waals surface area (Å²) in [5, 5.41) is 6.60. The Balaban J connectivity index is 1.77. The minimum Gasteiger partial charge on any atom is -0.471 e. The molecule has 0 amide bonds. The third kappa shape index (κ3) is 3.05. The van der Waals surface area contributed by atoms with Crippen LogP contribution in [0.1, 0.15) is 12.5 Å². The Kier molecular flexibility index (Phi) is 3.86. The van der Waals surface area contributed by atoms with Crippen molar-refractivity contribution in [2.24, 2.45) is 11.0 Å². The number of carbonyl (C=O) groups excluding carboxylic acids is 1. The number of Topliss-reactive ketones (excluding diaryl/α,β-unsaturated/α-hetero) is 1. The predicted molar refractivity (Wildman–Crippen MR) is 81.6 cm³/mol. The molecule has 1 heterocycles. The van der Waals surface area contributed by atoms with Crippen LogP contribution < -0.4 is 0 Å². The van der Waals surface area contributed by atoms with Gasteiger partial charge in [0.2, 0.25) is 5.90 Å². The Morgan fingerprint density at radius 3 is 2.76 bits per heavy atom. The first-order chi connectivity index (χ1) is 10.2. The van der Waals surface area contributed by atoms with Crippen LogP contribution >= 0.6 is 0 Å². The number of fused-ring (bicyclic) bond motifs is 1. The maximum atomic E-state index is 11.1. The molecule has 21 heavy (non-hydrogen) atoms. The molecule has 0 aromatic heterocycles. The zero-order valence-corrected chi connectivity index (χ0v) is 12.0. The summed E-state index contributed by atoms with van der Waals surface area (Å²) < 4.78 is 5.58. The van der Waals surface area contributed by atoms with Crippen LogP contribution in [0.25, 0.3) is 0 Å². The summed E-state index contributed by atoms with van der Waals surface area (Å²) >= 11 is 0. The molecule has 1 aromatic carbocycles. The predicted octanol–water partition coefficient (Wildman–Crippen LogP) is 2.53. The van der Waals surface area contributed by atoms with Crippen molar-refractivity contribution in [2.75, 3.05) is 6.61 Å². The fraction of sp³-hybridized carbons (Fsp3) is 0.294. The second-order valence-corrected chi connectivity index (χ2v) is 5.30. The normalized spacial score (nSPS) is 22.9. The SMILES string of the molecule is CC(=O)COC1=NN(Cc2ccccc2)C2C=CC=CC12. The third-order valence-corrected chi connectivity index (χ3v) is 3.57. The van der Waals surface area contributed by atoms with Crippen LogP contribution in [0.2, 0.25) is 0 Å². The lowest BCUT2D eigenvalue weighted by Crippen LogP contribution is -2.32. The molecule has 2 aliphatic rings. The maximum absolute atomic E-state index is 11.1. The summed E-state index contributed by atoms with van der Waals surface area (Å²) in [6.07, 6.45) is 8.23. The molecule has 0 radical (unpaired) electrons. The number of allylic oxidation sites excluding steroid dienone is 2. The molecule has 1 aliphatic heterocycles. The van der Waals surface area contributed by atoms with E-state index >= 15 is 0 Å². The van der Waals surface area contributed by atoms with Gasteiger partial charge in [-0.25, -0.2) is 0 Å². The van der Waals surface area contributed by atoms with Crippen molar-refractivity contribution in [3.63, 3.8) is 0 Å². The highest BCUT2D eigenvalue weighted by molar-refractivity contribution is 5.86. The van der Waals surface area contributed by atoms with E-state index in [1.807, 2.05) is 35.4 Å². The van der Waals surface area contributed by atoms with Crippen LogP contribution in [-0.2, 0) is 16.1 Å². The Labute approximate surface area is 124 Å². The fourth-order valence-corrected chi connectivity index (χ4v) is 2.58. The number of hydrogen-bond acceptors (Lipinski definition) is 4. The van der Waals surface area contributed by atoms with Crippen molar-refractivity contribution in [3.05, 3.63) is 60.2 Å². The minimum absolute atomic E-state index is 0.00564. The number of ether oxygens (including phenoxy) is 1. The number of ketones is 1. The fourth-order valence-electron chi connectivity index (χ4n) is 2.58. The van der Waals surface area contributed by atoms with Gasteiger partial charge in [-0.2, -0.15) is 0 Å². The molecule has 4 nitrogen and oxygen atoms in total. The van der Waals surface area contributed by atoms with E-state index in [9.17, 15) is 4.79 Å². The molecule has 2 atom stereocenters. The molecule has 1 aromatic rings. The van der Waals surface area contributed by atoms with E-state index in [0.29, 0.717) is 5.90 Å². The molecule has 4 heteroatoms. The number of rotatable bonds is 4. The van der Waals surface area contributed by atoms with Crippen molar-refractivity contribution in [1.82, 2.24) is 5.01 Å². The lowest BCUT2D eigenvalue weighted by Gasteiger charge is -2.24. The van der Waals surface area contributed by atoms with Gasteiger partial charge in [-0.15, -0.1) is 5.10 Å². The second-order valence-electron chi connectivity index (χ2n) is 5.30. The number of nitrogens with zero attached hydrogens (tertiary/aromatic N) is 2. The van der Waals surface area contributed by atoms with E-state index in [0.717, 1.165) is 6.54 Å². The molecule has 2 unspecified atom stereocenters. The van der Waals surface area contributed by atoms with Gasteiger partial charge in [0.1, 0.15) is 6.61 Å². The van der Waals surface area contributed by atoms with E-state index < -0.39 is 0 Å². The summed E-state index contributed by atoms with van der Waals surface area (Å²) in [6, 6.07) is 10.4. The van der Waals surface area contributed by atoms with Crippen LogP contribution in [0, 0.1) is 5.92 Å². The molecular weight excluding hydrogens is 264 g/mol. The van der Waals surface area contributed by atoms with Crippen molar-refractivity contribution in [1.29, 1.82) is 0 Å². The molecular formula is C17H18N2O2. The quantitative estimate of drug-likeness (QED) is 0.852. The monoisotopic (exact) mass is 282 g/mol. The number of hydrogen-bond donors (Lipinski definition) is 0. The van der Waals surface area contributed by atoms with E-state index in [2.05, 4.69) is 29.4 Å². The molecule has 1 aliphatic carbocycles. The third-order valence-electron chi connectivity index (χ3n) is 3.57. The van der Waals surface area contributed by atoms with Gasteiger partial charge in [-0.05, 0) is 12.5 Å². The average molecular weight is 282 g/mol. The lowest BCUT2D eigenvalue weighted by atomic mass is 9.95. The van der Waals surface area contributed by atoms with Crippen molar-refractivity contribution < 1.29 is 9.53 Å². The molecule has 108 valence electrons. The average Bonchev–Trinajstić information content (AvgIpc) is 2.85. The first kappa shape index (κ1) is 13.6. The minimum atomic E-state index is 0.00564. The topological polar surface area (TPSA) is 41.9 Å². The largest absolute Gasteiger partial charge is 0.471 e. The second kappa shape index (κ2) is 5.95. The first-order valence-corrected chi connectivity index (χ1v) is 7.10. The number of benzene rings is 1. The van der Waals surface area contributed by atoms with E-state index in [1.165, 1.54) is 12.5 Å². The van der Waals surface area contributed by atoms with Crippen LogP contribution in [0.4, 0.5) is 0 Å². The van der Waals surface area contributed by atoms with Gasteiger partial charge in [-0.1, -0.05) is 54.6 Å². The van der Waals surface area contributed by atoms with Gasteiger partial charge in [-0.3, -0.25) is 9.80 Å². The highest BCUT2D eigenvalue weighted by Crippen LogP contribution is 2.29. The molecule has 3 rings (SSSR count). The maximum Gasteiger partial charge on any atom is 0.215 e. The van der Waals surface area contributed by atoms with E-state index in [4.69, 9.17) is 4.74 Å². The Hall–Kier alpha value is -2.36. The van der Waals surface area contributed by atoms with Crippen LogP contribution in [0.15, 0.2) is 59.7 Å². The lowest BCUT2D eigenvalue weighted by molar-refractivity contribution is -0.119. The number of carbonyl (C=O) groups is 1. The van der Waals surface area contributed by atoms with Crippen LogP contribution in [0.3, 0.4) is 0 Å². The molecule has 0 N–H and O–H groups in total. The van der Waals surface area contributed by atoms with E-state index in [-0.39, 0.29) is 24.3 Å². The molecule has 0 bridgehead atoms. The summed E-state index contributed by atoms with van der Waals surface area (Å²) in [4.78, 5) is 11.1. The Morgan fingerprint density at radius 1 is 1.24 bits per heavy atom. The van der Waals surface area contributed by atoms with Gasteiger partial charge in [0, 0.05) is 0 Å². The highest BCUT2D eigenvalue weighted by atomic mass is 16.5. The zero-order chi connectivity index (χ0) is 14.7. The van der Waals surface area contributed by atoms with Gasteiger partial charge in [0.15, 0.2) is 5.78 Å². The van der Waals surface area contributed by atoms with Crippen molar-refractivity contribution in [3.8, 4) is 0 Å². The van der Waals surface area contributed by atoms with E-state index in [1.54, 1.807) is 0 Å². The smallest absolute Gasteiger partial charge is 0.215 e. The standard InChI is InChI=1S/C17H18N2O2/c1-13(20)12-21-17-15-9-5-6-10-16(15)19(18-17)11-14-7-3-2-4-8-14/h2-10,15-16H,11-12H2,1H3. The Morgan fingerprint density at radius 2 is 2.00 bits per heavy atom. The summed E-state index contributed by atoms with van der Waals surface area (Å²) in [6.45, 7) is 2.33. The van der Waals surface area contributed by atoms with Gasteiger partial charge < -0.3 is 4.74 Å². The van der Waals surface area contributed by atoms with Gasteiger partial charge in [0.05, 0.1) is 18.5 Å². The summed E-state index contributed by atoms with van der Waals surface area (Å²) in [7, 11) is 0. The molecule has 0 spiro atoms. The van der Waals surface area contributed by atoms with Crippen molar-refractivity contribution in [2.45, 2.75) is 19.5 Å². The first-order valence-electron chi connectivity index (χ1n) is 7.10. The highest BCUT2D eigenvalue weighted by Gasteiger charge is 2.36. The van der Waals surface area contributed by atoms with Gasteiger partial charge >= 0.3 is 0 Å². The molecule has 0 saturated heterocycles. The van der Waals surface area contributed by atoms with Crippen LogP contribution in [0.5, 0.6) is 0 Å². The van der Waals surface area contributed by atoms with Crippen molar-refractivity contribution >= 4 is 11.7 Å².